The minimum atomic E-state index is -10.7. The van der Waals surface area contributed by atoms with Crippen molar-refractivity contribution in [3.8, 4) is 33.9 Å². The minimum absolute atomic E-state index is 0. The summed E-state index contributed by atoms with van der Waals surface area (Å²) in [6.07, 6.45) is 3.63. The molecule has 4 aromatic heterocycles. The van der Waals surface area contributed by atoms with Gasteiger partial charge in [-0.1, -0.05) is 48.5 Å². The topological polar surface area (TPSA) is 113 Å². The summed E-state index contributed by atoms with van der Waals surface area (Å²) in [5, 5.41) is 1.60. The summed E-state index contributed by atoms with van der Waals surface area (Å²) in [7, 11) is -10.7. The van der Waals surface area contributed by atoms with Crippen LogP contribution in [-0.4, -0.2) is 58.3 Å². The third kappa shape index (κ3) is 20.4. The Hall–Kier alpha value is -6.44. The van der Waals surface area contributed by atoms with Gasteiger partial charge in [0.2, 0.25) is 0 Å². The Bertz CT molecular complexity index is 2710. The molecule has 0 N–H and O–H groups in total. The van der Waals surface area contributed by atoms with Gasteiger partial charge in [-0.05, 0) is 100 Å². The molecule has 364 valence electrons. The van der Waals surface area contributed by atoms with Crippen molar-refractivity contribution < 1.29 is 69.1 Å². The number of carbonyl (C=O) groups is 2. The number of nitrogens with zero attached hydrogens (tertiary/aromatic N) is 4. The standard InChI is InChI=1S/2C18H14NO2.C12H12N2.C4H10O.F6P.Ir/c2*1-2-21-18(20)15-12-17(13-8-4-3-5-9-13)19-16-11-7-6-10-14(15)16;1-9-3-5-13-11(7-9)12-8-10(2)4-6-14-12;1-3-5-4-2;1-7(2,3,4,5)6;/h2*3-8,10-12H,2H2,1H3;3-8H,1-2H3;3-4H2,1-2H3;;/q2*-1;;;-1;+3. The molecular weight excluding hydrogens is 1100 g/mol. The smallest absolute Gasteiger partial charge is 3.00 e. The Balaban J connectivity index is 0.000000247. The molecule has 69 heavy (non-hydrogen) atoms. The molecule has 8 aromatic rings. The molecule has 0 saturated heterocycles. The van der Waals surface area contributed by atoms with Crippen molar-refractivity contribution >= 4 is 41.6 Å². The summed E-state index contributed by atoms with van der Waals surface area (Å²) in [6.45, 7) is 14.1. The van der Waals surface area contributed by atoms with Crippen LogP contribution in [0.25, 0.3) is 55.7 Å². The quantitative estimate of drug-likeness (QED) is 0.0603. The van der Waals surface area contributed by atoms with E-state index in [1.807, 2.05) is 148 Å². The number of para-hydroxylation sites is 2. The third-order valence-corrected chi connectivity index (χ3v) is 8.89. The van der Waals surface area contributed by atoms with Crippen LogP contribution in [0, 0.1) is 26.0 Å². The first-order valence-electron chi connectivity index (χ1n) is 21.3. The van der Waals surface area contributed by atoms with Gasteiger partial charge in [0.05, 0.1) is 46.8 Å². The summed E-state index contributed by atoms with van der Waals surface area (Å²) in [5.41, 5.74) is 10.1. The number of ether oxygens (including phenoxy) is 3. The van der Waals surface area contributed by atoms with E-state index in [1.165, 1.54) is 11.1 Å². The van der Waals surface area contributed by atoms with E-state index in [2.05, 4.69) is 45.9 Å². The van der Waals surface area contributed by atoms with E-state index in [-0.39, 0.29) is 32.0 Å². The summed E-state index contributed by atoms with van der Waals surface area (Å²) in [6, 6.07) is 48.2. The number of halogens is 6. The van der Waals surface area contributed by atoms with Crippen molar-refractivity contribution in [2.45, 2.75) is 41.5 Å². The van der Waals surface area contributed by atoms with Crippen LogP contribution in [0.1, 0.15) is 59.5 Å². The van der Waals surface area contributed by atoms with Gasteiger partial charge in [0.1, 0.15) is 0 Å². The Morgan fingerprint density at radius 2 is 0.870 bits per heavy atom. The van der Waals surface area contributed by atoms with Gasteiger partial charge in [-0.25, -0.2) is 9.59 Å². The second kappa shape index (κ2) is 25.8. The molecule has 0 aliphatic carbocycles. The van der Waals surface area contributed by atoms with E-state index in [0.29, 0.717) is 24.3 Å². The van der Waals surface area contributed by atoms with Crippen LogP contribution >= 0.6 is 7.81 Å². The number of hydrogen-bond donors (Lipinski definition) is 0. The number of hydrogen-bond acceptors (Lipinski definition) is 9. The molecule has 9 nitrogen and oxygen atoms in total. The molecule has 8 rings (SSSR count). The normalized spacial score (nSPS) is 11.4. The van der Waals surface area contributed by atoms with Crippen molar-refractivity contribution in [1.29, 1.82) is 0 Å². The number of carbonyl (C=O) groups excluding carboxylic acids is 2. The fourth-order valence-corrected chi connectivity index (χ4v) is 6.04. The fourth-order valence-electron chi connectivity index (χ4n) is 6.04. The Morgan fingerprint density at radius 3 is 1.17 bits per heavy atom. The number of aryl methyl sites for hydroxylation is 2. The second-order valence-corrected chi connectivity index (χ2v) is 16.2. The second-order valence-electron chi connectivity index (χ2n) is 14.3. The summed E-state index contributed by atoms with van der Waals surface area (Å²) < 4.78 is 74.3. The zero-order valence-corrected chi connectivity index (χ0v) is 41.9. The first-order valence-corrected chi connectivity index (χ1v) is 23.3. The predicted molar refractivity (Wildman–Crippen MR) is 257 cm³/mol. The van der Waals surface area contributed by atoms with E-state index in [9.17, 15) is 34.8 Å². The number of rotatable bonds is 9. The van der Waals surface area contributed by atoms with Crippen LogP contribution in [0.2, 0.25) is 0 Å². The predicted octanol–water partition coefficient (Wildman–Crippen LogP) is 14.9. The van der Waals surface area contributed by atoms with Crippen molar-refractivity contribution in [2.75, 3.05) is 26.4 Å². The van der Waals surface area contributed by atoms with Gasteiger partial charge in [-0.3, -0.25) is 19.9 Å². The Morgan fingerprint density at radius 1 is 0.507 bits per heavy atom. The fraction of sp³-hybridized carbons (Fsp3) is 0.192. The summed E-state index contributed by atoms with van der Waals surface area (Å²) >= 11 is 0. The third-order valence-electron chi connectivity index (χ3n) is 8.89. The molecule has 0 bridgehead atoms. The maximum absolute atomic E-state index is 12.2. The van der Waals surface area contributed by atoms with E-state index < -0.39 is 7.81 Å². The average Bonchev–Trinajstić information content (AvgIpc) is 3.31. The van der Waals surface area contributed by atoms with Crippen LogP contribution in [0.3, 0.4) is 0 Å². The maximum Gasteiger partial charge on any atom is 3.00 e. The van der Waals surface area contributed by atoms with Gasteiger partial charge >= 0.3 is 65.0 Å². The number of esters is 2. The van der Waals surface area contributed by atoms with Crippen LogP contribution in [-0.2, 0) is 34.3 Å². The first-order chi connectivity index (χ1) is 32.2. The summed E-state index contributed by atoms with van der Waals surface area (Å²) in [5.74, 6) is -0.651. The van der Waals surface area contributed by atoms with E-state index in [1.54, 1.807) is 26.0 Å². The van der Waals surface area contributed by atoms with E-state index in [0.717, 1.165) is 68.9 Å². The first kappa shape index (κ1) is 56.9. The molecule has 17 heteroatoms. The van der Waals surface area contributed by atoms with Crippen LogP contribution in [0.5, 0.6) is 0 Å². The summed E-state index contributed by atoms with van der Waals surface area (Å²) in [4.78, 5) is 42.2. The number of aromatic nitrogens is 4. The van der Waals surface area contributed by atoms with Crippen molar-refractivity contribution in [2.24, 2.45) is 0 Å². The molecule has 0 fully saturated rings. The SMILES string of the molecule is CCOC(=O)c1cc(-c2[c-]cccc2)nc2ccccc12.CCOC(=O)c1cc(-c2[c-]cccc2)nc2ccccc12.CCOCC.Cc1ccnc(-c2cc(C)ccn2)c1.F[P-](F)(F)(F)(F)F.[Ir+3]. The molecule has 4 heterocycles. The van der Waals surface area contributed by atoms with Crippen LogP contribution < -0.4 is 0 Å². The molecule has 0 unspecified atom stereocenters. The molecule has 0 radical (unpaired) electrons. The maximum atomic E-state index is 12.2. The van der Waals surface area contributed by atoms with Crippen LogP contribution in [0.4, 0.5) is 25.2 Å². The van der Waals surface area contributed by atoms with Crippen molar-refractivity contribution in [3.05, 3.63) is 180 Å². The average molecular weight is 1150 g/mol. The van der Waals surface area contributed by atoms with Gasteiger partial charge in [-0.15, -0.1) is 71.8 Å². The largest absolute Gasteiger partial charge is 3.00 e. The number of fused-ring (bicyclic) bond motifs is 2. The van der Waals surface area contributed by atoms with Crippen molar-refractivity contribution in [1.82, 2.24) is 19.9 Å². The van der Waals surface area contributed by atoms with Gasteiger partial charge < -0.3 is 14.2 Å². The van der Waals surface area contributed by atoms with Gasteiger partial charge in [0, 0.05) is 36.4 Å². The molecule has 0 aliphatic rings. The van der Waals surface area contributed by atoms with E-state index >= 15 is 0 Å². The van der Waals surface area contributed by atoms with Crippen molar-refractivity contribution in [3.63, 3.8) is 0 Å². The minimum Gasteiger partial charge on any atom is 3.00 e. The number of pyridine rings is 4. The van der Waals surface area contributed by atoms with E-state index in [4.69, 9.17) is 14.2 Å². The Labute approximate surface area is 410 Å². The monoisotopic (exact) mass is 1150 g/mol. The zero-order valence-electron chi connectivity index (χ0n) is 38.6. The Kier molecular flexibility index (Phi) is 21.3. The molecule has 0 amide bonds. The van der Waals surface area contributed by atoms with Gasteiger partial charge in [0.15, 0.2) is 0 Å². The molecule has 0 aliphatic heterocycles. The van der Waals surface area contributed by atoms with Gasteiger partial charge in [-0.2, -0.15) is 0 Å². The molecule has 0 atom stereocenters. The van der Waals surface area contributed by atoms with Gasteiger partial charge in [0.25, 0.3) is 0 Å². The molecule has 4 aromatic carbocycles. The zero-order chi connectivity index (χ0) is 49.8. The number of benzene rings is 4. The molecule has 0 saturated carbocycles. The molecule has 0 spiro atoms. The molecular formula is C52H50F6IrN4O5P. The van der Waals surface area contributed by atoms with Crippen LogP contribution in [0.15, 0.2) is 146 Å².